The number of hydrogen-bond donors (Lipinski definition) is 1. The summed E-state index contributed by atoms with van der Waals surface area (Å²) in [4.78, 5) is 14.3. The Morgan fingerprint density at radius 2 is 2.33 bits per heavy atom. The lowest BCUT2D eigenvalue weighted by Crippen LogP contribution is -2.40. The van der Waals surface area contributed by atoms with Crippen LogP contribution in [0.3, 0.4) is 0 Å². The van der Waals surface area contributed by atoms with E-state index in [2.05, 4.69) is 6.92 Å². The van der Waals surface area contributed by atoms with Gasteiger partial charge in [0.2, 0.25) is 0 Å². The summed E-state index contributed by atoms with van der Waals surface area (Å²) in [7, 11) is 0. The average Bonchev–Trinajstić information content (AvgIpc) is 2.94. The van der Waals surface area contributed by atoms with Crippen molar-refractivity contribution < 1.29 is 9.53 Å². The van der Waals surface area contributed by atoms with Crippen LogP contribution in [0.15, 0.2) is 18.2 Å². The molecule has 0 radical (unpaired) electrons. The molecule has 1 fully saturated rings. The average molecular weight is 246 g/mol. The minimum Gasteiger partial charge on any atom is -0.399 e. The van der Waals surface area contributed by atoms with Crippen molar-refractivity contribution >= 4 is 17.3 Å². The Bertz CT molecular complexity index is 487. The molecule has 4 nitrogen and oxygen atoms in total. The van der Waals surface area contributed by atoms with E-state index in [0.717, 1.165) is 25.1 Å². The molecule has 1 aromatic rings. The Morgan fingerprint density at radius 3 is 3.06 bits per heavy atom. The fraction of sp³-hybridized carbons (Fsp3) is 0.500. The first-order valence-electron chi connectivity index (χ1n) is 6.48. The SMILES string of the molecule is CC1CCOC1C(=O)N1CCc2ccc(N)cc21. The topological polar surface area (TPSA) is 55.6 Å². The monoisotopic (exact) mass is 246 g/mol. The van der Waals surface area contributed by atoms with E-state index in [0.29, 0.717) is 18.2 Å². The molecule has 0 aromatic heterocycles. The molecule has 0 spiro atoms. The second-order valence-electron chi connectivity index (χ2n) is 5.19. The normalized spacial score (nSPS) is 26.4. The van der Waals surface area contributed by atoms with Gasteiger partial charge in [0.15, 0.2) is 0 Å². The molecule has 18 heavy (non-hydrogen) atoms. The minimum absolute atomic E-state index is 0.0874. The molecule has 0 saturated carbocycles. The van der Waals surface area contributed by atoms with Crippen LogP contribution in [-0.2, 0) is 16.0 Å². The van der Waals surface area contributed by atoms with Gasteiger partial charge >= 0.3 is 0 Å². The zero-order valence-corrected chi connectivity index (χ0v) is 10.6. The molecule has 1 saturated heterocycles. The highest BCUT2D eigenvalue weighted by Crippen LogP contribution is 2.32. The molecule has 0 aliphatic carbocycles. The summed E-state index contributed by atoms with van der Waals surface area (Å²) < 4.78 is 5.56. The van der Waals surface area contributed by atoms with E-state index >= 15 is 0 Å². The van der Waals surface area contributed by atoms with Crippen molar-refractivity contribution in [3.63, 3.8) is 0 Å². The number of carbonyl (C=O) groups is 1. The van der Waals surface area contributed by atoms with Crippen molar-refractivity contribution in [3.05, 3.63) is 23.8 Å². The fourth-order valence-corrected chi connectivity index (χ4v) is 2.79. The van der Waals surface area contributed by atoms with Crippen molar-refractivity contribution in [2.75, 3.05) is 23.8 Å². The van der Waals surface area contributed by atoms with Crippen LogP contribution in [0.25, 0.3) is 0 Å². The maximum Gasteiger partial charge on any atom is 0.256 e. The minimum atomic E-state index is -0.280. The predicted molar refractivity (Wildman–Crippen MR) is 70.4 cm³/mol. The van der Waals surface area contributed by atoms with Gasteiger partial charge in [0, 0.05) is 24.5 Å². The Kier molecular flexibility index (Phi) is 2.74. The molecule has 1 amide bonds. The molecule has 1 aromatic carbocycles. The van der Waals surface area contributed by atoms with Gasteiger partial charge < -0.3 is 15.4 Å². The van der Waals surface area contributed by atoms with E-state index in [1.807, 2.05) is 23.1 Å². The summed E-state index contributed by atoms with van der Waals surface area (Å²) in [6.07, 6.45) is 1.59. The summed E-state index contributed by atoms with van der Waals surface area (Å²) in [5, 5.41) is 0. The van der Waals surface area contributed by atoms with Crippen LogP contribution in [-0.4, -0.2) is 25.2 Å². The first-order chi connectivity index (χ1) is 8.66. The van der Waals surface area contributed by atoms with Gasteiger partial charge in [-0.2, -0.15) is 0 Å². The number of ether oxygens (including phenoxy) is 1. The van der Waals surface area contributed by atoms with Crippen LogP contribution < -0.4 is 10.6 Å². The number of hydrogen-bond acceptors (Lipinski definition) is 3. The standard InChI is InChI=1S/C14H18N2O2/c1-9-5-7-18-13(9)14(17)16-6-4-10-2-3-11(15)8-12(10)16/h2-3,8-9,13H,4-7,15H2,1H3. The Morgan fingerprint density at radius 1 is 1.50 bits per heavy atom. The fourth-order valence-electron chi connectivity index (χ4n) is 2.79. The van der Waals surface area contributed by atoms with Gasteiger partial charge in [0.05, 0.1) is 0 Å². The van der Waals surface area contributed by atoms with Gasteiger partial charge in [-0.15, -0.1) is 0 Å². The van der Waals surface area contributed by atoms with Crippen LogP contribution in [0, 0.1) is 5.92 Å². The summed E-state index contributed by atoms with van der Waals surface area (Å²) in [5.41, 5.74) is 8.67. The highest BCUT2D eigenvalue weighted by atomic mass is 16.5. The molecular weight excluding hydrogens is 228 g/mol. The summed E-state index contributed by atoms with van der Waals surface area (Å²) in [5.74, 6) is 0.395. The summed E-state index contributed by atoms with van der Waals surface area (Å²) in [6.45, 7) is 3.51. The Balaban J connectivity index is 1.87. The van der Waals surface area contributed by atoms with Crippen LogP contribution >= 0.6 is 0 Å². The van der Waals surface area contributed by atoms with E-state index in [4.69, 9.17) is 10.5 Å². The van der Waals surface area contributed by atoms with Gasteiger partial charge in [0.25, 0.3) is 5.91 Å². The molecule has 4 heteroatoms. The Labute approximate surface area is 107 Å². The molecule has 2 aliphatic rings. The highest BCUT2D eigenvalue weighted by molar-refractivity contribution is 5.99. The van der Waals surface area contributed by atoms with Crippen LogP contribution in [0.2, 0.25) is 0 Å². The smallest absolute Gasteiger partial charge is 0.256 e. The molecule has 2 atom stereocenters. The summed E-state index contributed by atoms with van der Waals surface area (Å²) in [6, 6.07) is 5.79. The number of benzene rings is 1. The first kappa shape index (κ1) is 11.5. The molecule has 3 rings (SSSR count). The number of nitrogen functional groups attached to an aromatic ring is 1. The third-order valence-electron chi connectivity index (χ3n) is 3.90. The number of nitrogens with zero attached hydrogens (tertiary/aromatic N) is 1. The first-order valence-corrected chi connectivity index (χ1v) is 6.48. The lowest BCUT2D eigenvalue weighted by Gasteiger charge is -2.23. The van der Waals surface area contributed by atoms with Crippen molar-refractivity contribution in [3.8, 4) is 0 Å². The third kappa shape index (κ3) is 1.77. The Hall–Kier alpha value is -1.55. The second-order valence-corrected chi connectivity index (χ2v) is 5.19. The van der Waals surface area contributed by atoms with Crippen molar-refractivity contribution in [1.82, 2.24) is 0 Å². The highest BCUT2D eigenvalue weighted by Gasteiger charge is 2.36. The van der Waals surface area contributed by atoms with Crippen molar-refractivity contribution in [2.45, 2.75) is 25.9 Å². The van der Waals surface area contributed by atoms with Crippen molar-refractivity contribution in [2.24, 2.45) is 5.92 Å². The van der Waals surface area contributed by atoms with Gasteiger partial charge in [-0.3, -0.25) is 4.79 Å². The number of amides is 1. The maximum atomic E-state index is 12.5. The second kappa shape index (κ2) is 4.28. The largest absolute Gasteiger partial charge is 0.399 e. The van der Waals surface area contributed by atoms with Gasteiger partial charge in [-0.1, -0.05) is 13.0 Å². The molecule has 2 aliphatic heterocycles. The van der Waals surface area contributed by atoms with Crippen molar-refractivity contribution in [1.29, 1.82) is 0 Å². The van der Waals surface area contributed by atoms with Crippen LogP contribution in [0.4, 0.5) is 11.4 Å². The van der Waals surface area contributed by atoms with E-state index in [1.165, 1.54) is 5.56 Å². The van der Waals surface area contributed by atoms with E-state index in [9.17, 15) is 4.79 Å². The number of fused-ring (bicyclic) bond motifs is 1. The predicted octanol–water partition coefficient (Wildman–Crippen LogP) is 1.58. The van der Waals surface area contributed by atoms with Crippen LogP contribution in [0.5, 0.6) is 0 Å². The summed E-state index contributed by atoms with van der Waals surface area (Å²) >= 11 is 0. The van der Waals surface area contributed by atoms with Gasteiger partial charge in [-0.25, -0.2) is 0 Å². The number of nitrogens with two attached hydrogens (primary N) is 1. The van der Waals surface area contributed by atoms with E-state index in [1.54, 1.807) is 0 Å². The molecular formula is C14H18N2O2. The molecule has 2 N–H and O–H groups in total. The zero-order valence-electron chi connectivity index (χ0n) is 10.6. The van der Waals surface area contributed by atoms with E-state index < -0.39 is 0 Å². The lowest BCUT2D eigenvalue weighted by atomic mass is 10.0. The van der Waals surface area contributed by atoms with Gasteiger partial charge in [-0.05, 0) is 36.5 Å². The number of rotatable bonds is 1. The molecule has 2 unspecified atom stereocenters. The van der Waals surface area contributed by atoms with E-state index in [-0.39, 0.29) is 12.0 Å². The zero-order chi connectivity index (χ0) is 12.7. The number of anilines is 2. The molecule has 0 bridgehead atoms. The van der Waals surface area contributed by atoms with Gasteiger partial charge in [0.1, 0.15) is 6.10 Å². The number of carbonyl (C=O) groups excluding carboxylic acids is 1. The molecule has 96 valence electrons. The quantitative estimate of drug-likeness (QED) is 0.765. The molecule has 2 heterocycles. The third-order valence-corrected chi connectivity index (χ3v) is 3.90. The maximum absolute atomic E-state index is 12.5. The lowest BCUT2D eigenvalue weighted by molar-refractivity contribution is -0.128. The van der Waals surface area contributed by atoms with Crippen LogP contribution in [0.1, 0.15) is 18.9 Å².